The molecule has 1 N–H and O–H groups in total. The molecule has 1 saturated heterocycles. The molecule has 1 atom stereocenters. The van der Waals surface area contributed by atoms with Crippen LogP contribution >= 0.6 is 27.7 Å². The second kappa shape index (κ2) is 5.19. The molecule has 1 aliphatic rings. The molecule has 0 saturated carbocycles. The molecule has 1 unspecified atom stereocenters. The second-order valence-corrected chi connectivity index (χ2v) is 5.87. The van der Waals surface area contributed by atoms with E-state index in [0.717, 1.165) is 28.0 Å². The fraction of sp³-hybridized carbons (Fsp3) is 0.455. The van der Waals surface area contributed by atoms with Gasteiger partial charge in [0.15, 0.2) is 0 Å². The van der Waals surface area contributed by atoms with Gasteiger partial charge in [0.2, 0.25) is 5.91 Å². The molecule has 1 aromatic rings. The van der Waals surface area contributed by atoms with Gasteiger partial charge in [0.1, 0.15) is 5.82 Å². The van der Waals surface area contributed by atoms with E-state index in [1.165, 1.54) is 0 Å². The molecule has 1 aliphatic heterocycles. The number of rotatable bonds is 2. The summed E-state index contributed by atoms with van der Waals surface area (Å²) >= 11 is 5.22. The van der Waals surface area contributed by atoms with Crippen molar-refractivity contribution < 1.29 is 4.79 Å². The molecule has 1 fully saturated rings. The van der Waals surface area contributed by atoms with Crippen molar-refractivity contribution in [2.24, 2.45) is 5.92 Å². The molecule has 1 amide bonds. The Balaban J connectivity index is 2.02. The van der Waals surface area contributed by atoms with Gasteiger partial charge in [-0.25, -0.2) is 4.98 Å². The van der Waals surface area contributed by atoms with Gasteiger partial charge >= 0.3 is 0 Å². The van der Waals surface area contributed by atoms with Crippen LogP contribution in [0.15, 0.2) is 16.7 Å². The van der Waals surface area contributed by atoms with Crippen LogP contribution in [-0.2, 0) is 4.79 Å². The normalized spacial score (nSPS) is 19.8. The van der Waals surface area contributed by atoms with E-state index in [1.807, 2.05) is 24.8 Å². The van der Waals surface area contributed by atoms with Gasteiger partial charge in [-0.1, -0.05) is 0 Å². The number of carbonyl (C=O) groups excluding carboxylic acids is 1. The minimum atomic E-state index is 0.0965. The number of pyridine rings is 1. The van der Waals surface area contributed by atoms with Gasteiger partial charge < -0.3 is 5.32 Å². The van der Waals surface area contributed by atoms with E-state index in [2.05, 4.69) is 26.2 Å². The highest BCUT2D eigenvalue weighted by molar-refractivity contribution is 9.10. The Hall–Kier alpha value is -0.550. The zero-order chi connectivity index (χ0) is 11.5. The van der Waals surface area contributed by atoms with Crippen molar-refractivity contribution in [3.05, 3.63) is 22.3 Å². The van der Waals surface area contributed by atoms with Gasteiger partial charge in [-0.3, -0.25) is 4.79 Å². The summed E-state index contributed by atoms with van der Waals surface area (Å²) in [5.74, 6) is 2.91. The molecule has 0 bridgehead atoms. The van der Waals surface area contributed by atoms with Crippen molar-refractivity contribution in [1.29, 1.82) is 0 Å². The van der Waals surface area contributed by atoms with Gasteiger partial charge in [0.05, 0.1) is 0 Å². The number of carbonyl (C=O) groups is 1. The van der Waals surface area contributed by atoms with Crippen LogP contribution in [0.3, 0.4) is 0 Å². The molecule has 0 spiro atoms. The van der Waals surface area contributed by atoms with Crippen molar-refractivity contribution in [1.82, 2.24) is 4.98 Å². The van der Waals surface area contributed by atoms with Crippen LogP contribution in [0.4, 0.5) is 5.82 Å². The molecule has 2 rings (SSSR count). The number of halogens is 1. The van der Waals surface area contributed by atoms with E-state index in [-0.39, 0.29) is 11.8 Å². The maximum atomic E-state index is 11.8. The number of aryl methyl sites for hydroxylation is 1. The third-order valence-corrected chi connectivity index (χ3v) is 4.59. The van der Waals surface area contributed by atoms with E-state index in [4.69, 9.17) is 0 Å². The van der Waals surface area contributed by atoms with Gasteiger partial charge in [0.25, 0.3) is 0 Å². The number of nitrogens with zero attached hydrogens (tertiary/aromatic N) is 1. The Morgan fingerprint density at radius 1 is 1.69 bits per heavy atom. The summed E-state index contributed by atoms with van der Waals surface area (Å²) in [6.07, 6.45) is 2.69. The highest BCUT2D eigenvalue weighted by atomic mass is 79.9. The lowest BCUT2D eigenvalue weighted by Crippen LogP contribution is -2.22. The zero-order valence-electron chi connectivity index (χ0n) is 9.00. The number of amides is 1. The lowest BCUT2D eigenvalue weighted by molar-refractivity contribution is -0.119. The maximum absolute atomic E-state index is 11.8. The average Bonchev–Trinajstić information content (AvgIpc) is 2.77. The van der Waals surface area contributed by atoms with Crippen molar-refractivity contribution in [2.75, 3.05) is 16.8 Å². The van der Waals surface area contributed by atoms with Crippen molar-refractivity contribution >= 4 is 39.4 Å². The van der Waals surface area contributed by atoms with Gasteiger partial charge in [-0.05, 0) is 46.7 Å². The van der Waals surface area contributed by atoms with Crippen molar-refractivity contribution in [3.8, 4) is 0 Å². The summed E-state index contributed by atoms with van der Waals surface area (Å²) in [5.41, 5.74) is 1.08. The van der Waals surface area contributed by atoms with Crippen LogP contribution in [-0.4, -0.2) is 22.4 Å². The maximum Gasteiger partial charge on any atom is 0.229 e. The van der Waals surface area contributed by atoms with E-state index < -0.39 is 0 Å². The molecule has 2 heterocycles. The Morgan fingerprint density at radius 2 is 2.50 bits per heavy atom. The molecule has 0 radical (unpaired) electrons. The Labute approximate surface area is 108 Å². The van der Waals surface area contributed by atoms with E-state index in [9.17, 15) is 4.79 Å². The summed E-state index contributed by atoms with van der Waals surface area (Å²) in [7, 11) is 0. The Morgan fingerprint density at radius 3 is 3.12 bits per heavy atom. The third-order valence-electron chi connectivity index (χ3n) is 2.60. The summed E-state index contributed by atoms with van der Waals surface area (Å²) in [4.78, 5) is 16.0. The standard InChI is InChI=1S/C11H13BrN2OS/c1-7-4-10(13-5-9(7)12)14-11(15)8-2-3-16-6-8/h4-5,8H,2-3,6H2,1H3,(H,13,14,15). The summed E-state index contributed by atoms with van der Waals surface area (Å²) < 4.78 is 0.960. The van der Waals surface area contributed by atoms with Crippen LogP contribution < -0.4 is 5.32 Å². The summed E-state index contributed by atoms with van der Waals surface area (Å²) in [6, 6.07) is 1.88. The number of hydrogen-bond acceptors (Lipinski definition) is 3. The molecule has 86 valence electrons. The van der Waals surface area contributed by atoms with Crippen LogP contribution in [0.2, 0.25) is 0 Å². The predicted octanol–water partition coefficient (Wildman–Crippen LogP) is 2.84. The quantitative estimate of drug-likeness (QED) is 0.913. The van der Waals surface area contributed by atoms with E-state index >= 15 is 0 Å². The largest absolute Gasteiger partial charge is 0.310 e. The molecule has 5 heteroatoms. The summed E-state index contributed by atoms with van der Waals surface area (Å²) in [5, 5.41) is 2.87. The van der Waals surface area contributed by atoms with Gasteiger partial charge in [-0.15, -0.1) is 0 Å². The first-order valence-corrected chi connectivity index (χ1v) is 7.12. The highest BCUT2D eigenvalue weighted by Gasteiger charge is 2.23. The highest BCUT2D eigenvalue weighted by Crippen LogP contribution is 2.25. The fourth-order valence-corrected chi connectivity index (χ4v) is 3.01. The molecule has 1 aromatic heterocycles. The Kier molecular flexibility index (Phi) is 3.86. The Bertz CT molecular complexity index is 405. The molecular formula is C11H13BrN2OS. The third kappa shape index (κ3) is 2.77. The molecule has 3 nitrogen and oxygen atoms in total. The monoisotopic (exact) mass is 300 g/mol. The van der Waals surface area contributed by atoms with Gasteiger partial charge in [0, 0.05) is 22.3 Å². The SMILES string of the molecule is Cc1cc(NC(=O)C2CCSC2)ncc1Br. The molecule has 16 heavy (non-hydrogen) atoms. The smallest absolute Gasteiger partial charge is 0.229 e. The van der Waals surface area contributed by atoms with E-state index in [0.29, 0.717) is 5.82 Å². The first-order chi connectivity index (χ1) is 7.66. The molecule has 0 aromatic carbocycles. The van der Waals surface area contributed by atoms with Crippen molar-refractivity contribution in [2.45, 2.75) is 13.3 Å². The minimum Gasteiger partial charge on any atom is -0.310 e. The van der Waals surface area contributed by atoms with Crippen LogP contribution in [0.1, 0.15) is 12.0 Å². The van der Waals surface area contributed by atoms with Crippen LogP contribution in [0.5, 0.6) is 0 Å². The summed E-state index contributed by atoms with van der Waals surface area (Å²) in [6.45, 7) is 1.98. The first-order valence-electron chi connectivity index (χ1n) is 5.17. The predicted molar refractivity (Wildman–Crippen MR) is 70.7 cm³/mol. The van der Waals surface area contributed by atoms with Crippen LogP contribution in [0.25, 0.3) is 0 Å². The number of nitrogens with one attached hydrogen (secondary N) is 1. The first kappa shape index (κ1) is 11.9. The zero-order valence-corrected chi connectivity index (χ0v) is 11.4. The second-order valence-electron chi connectivity index (χ2n) is 3.87. The topological polar surface area (TPSA) is 42.0 Å². The molecular weight excluding hydrogens is 288 g/mol. The van der Waals surface area contributed by atoms with E-state index in [1.54, 1.807) is 6.20 Å². The number of hydrogen-bond donors (Lipinski definition) is 1. The minimum absolute atomic E-state index is 0.0965. The molecule has 0 aliphatic carbocycles. The fourth-order valence-electron chi connectivity index (χ4n) is 1.58. The lowest BCUT2D eigenvalue weighted by Gasteiger charge is -2.09. The lowest BCUT2D eigenvalue weighted by atomic mass is 10.1. The number of thioether (sulfide) groups is 1. The number of anilines is 1. The van der Waals surface area contributed by atoms with Crippen LogP contribution in [0, 0.1) is 12.8 Å². The van der Waals surface area contributed by atoms with Gasteiger partial charge in [-0.2, -0.15) is 11.8 Å². The average molecular weight is 301 g/mol. The number of aromatic nitrogens is 1. The van der Waals surface area contributed by atoms with Crippen molar-refractivity contribution in [3.63, 3.8) is 0 Å².